The Morgan fingerprint density at radius 1 is 1.23 bits per heavy atom. The normalized spacial score (nSPS) is 17.8. The summed E-state index contributed by atoms with van der Waals surface area (Å²) >= 11 is 0. The fourth-order valence-electron chi connectivity index (χ4n) is 5.03. The molecule has 1 atom stereocenters. The predicted octanol–water partition coefficient (Wildman–Crippen LogP) is 3.21. The van der Waals surface area contributed by atoms with Crippen LogP contribution in [0.25, 0.3) is 6.08 Å². The van der Waals surface area contributed by atoms with Crippen LogP contribution < -0.4 is 16.1 Å². The third-order valence-corrected chi connectivity index (χ3v) is 7.29. The Labute approximate surface area is 233 Å². The molecule has 4 rings (SSSR count). The summed E-state index contributed by atoms with van der Waals surface area (Å²) in [5.74, 6) is -1.09. The summed E-state index contributed by atoms with van der Waals surface area (Å²) in [6, 6.07) is 8.05. The number of rotatable bonds is 9. The second kappa shape index (κ2) is 12.1. The van der Waals surface area contributed by atoms with Gasteiger partial charge in [0.25, 0.3) is 5.56 Å². The van der Waals surface area contributed by atoms with E-state index in [9.17, 15) is 19.5 Å². The van der Waals surface area contributed by atoms with E-state index in [4.69, 9.17) is 14.2 Å². The topological polar surface area (TPSA) is 112 Å². The zero-order chi connectivity index (χ0) is 29.0. The number of aromatic hydroxyl groups is 1. The highest BCUT2D eigenvalue weighted by molar-refractivity contribution is 5.86. The third-order valence-electron chi connectivity index (χ3n) is 7.29. The number of hydrogen-bond acceptors (Lipinski definition) is 8. The van der Waals surface area contributed by atoms with E-state index >= 15 is 0 Å². The second-order valence-corrected chi connectivity index (χ2v) is 10.5. The first-order valence-electron chi connectivity index (χ1n) is 13.5. The summed E-state index contributed by atoms with van der Waals surface area (Å²) in [5.41, 5.74) is 4.38. The Bertz CT molecular complexity index is 1470. The number of aromatic nitrogens is 2. The van der Waals surface area contributed by atoms with Gasteiger partial charge in [-0.05, 0) is 51.7 Å². The van der Waals surface area contributed by atoms with Gasteiger partial charge in [0.05, 0.1) is 18.8 Å². The Morgan fingerprint density at radius 3 is 2.67 bits per heavy atom. The molecule has 1 unspecified atom stereocenters. The number of ether oxygens (including phenoxy) is 3. The number of carbonyl (C=O) groups excluding carboxylic acids is 1. The summed E-state index contributed by atoms with van der Waals surface area (Å²) < 4.78 is 18.7. The van der Waals surface area contributed by atoms with E-state index in [1.165, 1.54) is 20.0 Å². The second-order valence-electron chi connectivity index (χ2n) is 10.5. The summed E-state index contributed by atoms with van der Waals surface area (Å²) in [7, 11) is 1.37. The molecule has 214 valence electrons. The molecule has 0 radical (unpaired) electrons. The van der Waals surface area contributed by atoms with E-state index in [0.717, 1.165) is 45.3 Å². The van der Waals surface area contributed by atoms with Crippen LogP contribution in [0.4, 0.5) is 5.69 Å². The van der Waals surface area contributed by atoms with Crippen molar-refractivity contribution in [2.45, 2.75) is 58.3 Å². The van der Waals surface area contributed by atoms with Crippen LogP contribution in [0.5, 0.6) is 5.88 Å². The van der Waals surface area contributed by atoms with Gasteiger partial charge in [0.15, 0.2) is 6.29 Å². The number of para-hydroxylation sites is 1. The van der Waals surface area contributed by atoms with Crippen molar-refractivity contribution in [1.29, 1.82) is 0 Å². The molecular weight excluding hydrogens is 514 g/mol. The van der Waals surface area contributed by atoms with E-state index in [1.807, 2.05) is 18.2 Å². The van der Waals surface area contributed by atoms with E-state index in [-0.39, 0.29) is 30.6 Å². The highest BCUT2D eigenvalue weighted by Crippen LogP contribution is 2.47. The van der Waals surface area contributed by atoms with Crippen LogP contribution in [0.1, 0.15) is 51.2 Å². The summed E-state index contributed by atoms with van der Waals surface area (Å²) in [4.78, 5) is 39.8. The maximum absolute atomic E-state index is 13.3. The van der Waals surface area contributed by atoms with Crippen LogP contribution in [-0.2, 0) is 38.0 Å². The number of nitrogens with zero attached hydrogens (tertiary/aromatic N) is 3. The molecule has 1 aromatic heterocycles. The Morgan fingerprint density at radius 2 is 1.98 bits per heavy atom. The van der Waals surface area contributed by atoms with Crippen molar-refractivity contribution in [2.75, 3.05) is 31.3 Å². The highest BCUT2D eigenvalue weighted by atomic mass is 16.7. The maximum atomic E-state index is 13.3. The number of fused-ring (bicyclic) bond motifs is 1. The van der Waals surface area contributed by atoms with Crippen molar-refractivity contribution in [1.82, 2.24) is 9.13 Å². The molecule has 1 aromatic carbocycles. The molecule has 0 saturated carbocycles. The molecule has 1 saturated heterocycles. The van der Waals surface area contributed by atoms with Gasteiger partial charge in [0, 0.05) is 43.0 Å². The number of hydrogen-bond donors (Lipinski definition) is 1. The quantitative estimate of drug-likeness (QED) is 0.287. The summed E-state index contributed by atoms with van der Waals surface area (Å²) in [6.45, 7) is 10.5. The Hall–Kier alpha value is -3.85. The van der Waals surface area contributed by atoms with Gasteiger partial charge in [-0.1, -0.05) is 30.5 Å². The van der Waals surface area contributed by atoms with Gasteiger partial charge in [-0.15, -0.1) is 0 Å². The fraction of sp³-hybridized carbons (Fsp3) is 0.467. The molecule has 40 heavy (non-hydrogen) atoms. The minimum absolute atomic E-state index is 0.0978. The molecule has 0 bridgehead atoms. The van der Waals surface area contributed by atoms with E-state index in [2.05, 4.69) is 37.1 Å². The number of allylic oxidation sites excluding steroid dienone is 1. The van der Waals surface area contributed by atoms with Gasteiger partial charge in [-0.25, -0.2) is 9.59 Å². The van der Waals surface area contributed by atoms with Crippen LogP contribution in [-0.4, -0.2) is 52.9 Å². The van der Waals surface area contributed by atoms with Gasteiger partial charge >= 0.3 is 11.7 Å². The predicted molar refractivity (Wildman–Crippen MR) is 151 cm³/mol. The monoisotopic (exact) mass is 551 g/mol. The lowest BCUT2D eigenvalue weighted by atomic mass is 9.84. The molecule has 0 amide bonds. The molecule has 1 N–H and O–H groups in total. The SMILES string of the molecule is C=C(C)C(=O)OCCn1c(=O)c(C=C=C2N(CCOC3CCCCO3)c3ccccc3C2(C)C)c(O)n(C)c1=O. The van der Waals surface area contributed by atoms with Crippen molar-refractivity contribution in [3.8, 4) is 5.88 Å². The molecule has 10 heteroatoms. The number of benzene rings is 1. The van der Waals surface area contributed by atoms with Gasteiger partial charge < -0.3 is 24.2 Å². The first-order valence-corrected chi connectivity index (χ1v) is 13.5. The van der Waals surface area contributed by atoms with Gasteiger partial charge in [-0.3, -0.25) is 13.9 Å². The van der Waals surface area contributed by atoms with Gasteiger partial charge in [0.1, 0.15) is 12.2 Å². The average Bonchev–Trinajstić information content (AvgIpc) is 3.15. The number of carbonyl (C=O) groups is 1. The Balaban J connectivity index is 1.69. The van der Waals surface area contributed by atoms with Crippen LogP contribution in [0, 0.1) is 0 Å². The molecule has 0 spiro atoms. The van der Waals surface area contributed by atoms with Gasteiger partial charge in [-0.2, -0.15) is 0 Å². The largest absolute Gasteiger partial charge is 0.494 e. The third kappa shape index (κ3) is 5.84. The van der Waals surface area contributed by atoms with Crippen molar-refractivity contribution in [2.24, 2.45) is 7.05 Å². The summed E-state index contributed by atoms with van der Waals surface area (Å²) in [5, 5.41) is 10.7. The first-order chi connectivity index (χ1) is 19.0. The van der Waals surface area contributed by atoms with Gasteiger partial charge in [0.2, 0.25) is 5.88 Å². The molecule has 10 nitrogen and oxygen atoms in total. The van der Waals surface area contributed by atoms with E-state index < -0.39 is 28.5 Å². The van der Waals surface area contributed by atoms with Crippen molar-refractivity contribution < 1.29 is 24.1 Å². The van der Waals surface area contributed by atoms with E-state index in [1.54, 1.807) is 0 Å². The highest BCUT2D eigenvalue weighted by Gasteiger charge is 2.40. The molecule has 2 aromatic rings. The van der Waals surface area contributed by atoms with Crippen molar-refractivity contribution in [3.63, 3.8) is 0 Å². The lowest BCUT2D eigenvalue weighted by Gasteiger charge is -2.27. The number of esters is 1. The molecule has 2 aliphatic heterocycles. The summed E-state index contributed by atoms with van der Waals surface area (Å²) in [6.07, 6.45) is 4.20. The fourth-order valence-corrected chi connectivity index (χ4v) is 5.03. The minimum atomic E-state index is -0.726. The Kier molecular flexibility index (Phi) is 8.83. The molecular formula is C30H37N3O7. The minimum Gasteiger partial charge on any atom is -0.494 e. The van der Waals surface area contributed by atoms with Crippen LogP contribution in [0.3, 0.4) is 0 Å². The van der Waals surface area contributed by atoms with Crippen molar-refractivity contribution in [3.05, 3.63) is 79.8 Å². The average molecular weight is 552 g/mol. The maximum Gasteiger partial charge on any atom is 0.333 e. The zero-order valence-electron chi connectivity index (χ0n) is 23.6. The zero-order valence-corrected chi connectivity index (χ0v) is 23.6. The first kappa shape index (κ1) is 29.1. The lowest BCUT2D eigenvalue weighted by Crippen LogP contribution is -2.41. The molecule has 0 aliphatic carbocycles. The smallest absolute Gasteiger partial charge is 0.333 e. The van der Waals surface area contributed by atoms with Crippen LogP contribution >= 0.6 is 0 Å². The number of anilines is 1. The standard InChI is InChI=1S/C30H37N3O7/c1-20(2)28(36)40-19-16-33-27(35)21(26(34)31(5)29(33)37)13-14-24-30(3,4)22-10-6-7-11-23(22)32(24)15-18-39-25-12-8-9-17-38-25/h6-7,10-11,13,25,34H,1,8-9,12,15-19H2,2-5H3. The lowest BCUT2D eigenvalue weighted by molar-refractivity contribution is -0.160. The molecule has 2 aliphatic rings. The molecule has 1 fully saturated rings. The van der Waals surface area contributed by atoms with Crippen molar-refractivity contribution >= 4 is 17.7 Å². The van der Waals surface area contributed by atoms with Crippen LogP contribution in [0.2, 0.25) is 0 Å². The van der Waals surface area contributed by atoms with E-state index in [0.29, 0.717) is 19.8 Å². The molecule has 3 heterocycles. The van der Waals surface area contributed by atoms with Crippen LogP contribution in [0.15, 0.2) is 57.4 Å².